The Morgan fingerprint density at radius 3 is 2.52 bits per heavy atom. The van der Waals surface area contributed by atoms with Crippen LogP contribution >= 0.6 is 0 Å². The van der Waals surface area contributed by atoms with E-state index in [9.17, 15) is 9.18 Å². The number of fused-ring (bicyclic) bond motifs is 1. The maximum absolute atomic E-state index is 12.7. The van der Waals surface area contributed by atoms with E-state index in [0.29, 0.717) is 11.3 Å². The van der Waals surface area contributed by atoms with E-state index in [1.165, 1.54) is 0 Å². The molecule has 3 rings (SSSR count). The number of nitrogen functional groups attached to an aromatic ring is 1. The van der Waals surface area contributed by atoms with Gasteiger partial charge in [-0.3, -0.25) is 0 Å². The van der Waals surface area contributed by atoms with Gasteiger partial charge in [0.2, 0.25) is 0 Å². The molecule has 0 unspecified atom stereocenters. The summed E-state index contributed by atoms with van der Waals surface area (Å²) in [6, 6.07) is 11.8. The van der Waals surface area contributed by atoms with Crippen LogP contribution in [0.25, 0.3) is 16.8 Å². The highest BCUT2D eigenvalue weighted by molar-refractivity contribution is 5.88. The third-order valence-electron chi connectivity index (χ3n) is 3.45. The molecule has 2 heterocycles. The molecule has 2 aromatic heterocycles. The van der Waals surface area contributed by atoms with Gasteiger partial charge in [-0.1, -0.05) is 12.1 Å². The van der Waals surface area contributed by atoms with Crippen LogP contribution in [0.4, 0.5) is 10.1 Å². The van der Waals surface area contributed by atoms with Crippen LogP contribution in [0, 0.1) is 0 Å². The van der Waals surface area contributed by atoms with Crippen molar-refractivity contribution in [3.63, 3.8) is 0 Å². The predicted molar refractivity (Wildman–Crippen MR) is 79.0 cm³/mol. The van der Waals surface area contributed by atoms with Crippen LogP contribution < -0.4 is 5.73 Å². The third-order valence-corrected chi connectivity index (χ3v) is 3.45. The van der Waals surface area contributed by atoms with E-state index in [-0.39, 0.29) is 5.56 Å². The van der Waals surface area contributed by atoms with Crippen LogP contribution in [0.15, 0.2) is 48.7 Å². The van der Waals surface area contributed by atoms with Crippen molar-refractivity contribution in [1.29, 1.82) is 0 Å². The molecular formula is C16H13FN2O2. The summed E-state index contributed by atoms with van der Waals surface area (Å²) < 4.78 is 14.6. The molecule has 4 nitrogen and oxygen atoms in total. The fourth-order valence-corrected chi connectivity index (χ4v) is 2.36. The first-order chi connectivity index (χ1) is 10.1. The number of anilines is 1. The van der Waals surface area contributed by atoms with Crippen molar-refractivity contribution >= 4 is 17.2 Å². The number of aromatic carboxylic acids is 1. The molecule has 106 valence electrons. The minimum Gasteiger partial charge on any atom is -0.478 e. The van der Waals surface area contributed by atoms with Gasteiger partial charge in [-0.25, -0.2) is 9.18 Å². The lowest BCUT2D eigenvalue weighted by atomic mass is 10.1. The molecule has 0 radical (unpaired) electrons. The van der Waals surface area contributed by atoms with Gasteiger partial charge in [0.25, 0.3) is 0 Å². The number of carboxylic acids is 1. The number of benzene rings is 1. The lowest BCUT2D eigenvalue weighted by Gasteiger charge is -2.05. The lowest BCUT2D eigenvalue weighted by molar-refractivity contribution is 0.0697. The highest BCUT2D eigenvalue weighted by atomic mass is 19.1. The Hall–Kier alpha value is -2.82. The molecule has 0 aliphatic heterocycles. The fourth-order valence-electron chi connectivity index (χ4n) is 2.36. The zero-order valence-electron chi connectivity index (χ0n) is 11.1. The monoisotopic (exact) mass is 284 g/mol. The molecule has 0 saturated carbocycles. The number of aromatic nitrogens is 1. The van der Waals surface area contributed by atoms with Crippen LogP contribution in [0.3, 0.4) is 0 Å². The van der Waals surface area contributed by atoms with Gasteiger partial charge in [-0.2, -0.15) is 0 Å². The number of hydrogen-bond donors (Lipinski definition) is 2. The summed E-state index contributed by atoms with van der Waals surface area (Å²) in [5.74, 6) is -0.964. The van der Waals surface area contributed by atoms with Crippen molar-refractivity contribution in [2.45, 2.75) is 6.67 Å². The van der Waals surface area contributed by atoms with E-state index in [2.05, 4.69) is 0 Å². The minimum absolute atomic E-state index is 0.229. The first-order valence-corrected chi connectivity index (χ1v) is 6.39. The highest BCUT2D eigenvalue weighted by Crippen LogP contribution is 2.28. The van der Waals surface area contributed by atoms with Crippen molar-refractivity contribution in [3.05, 3.63) is 59.8 Å². The Kier molecular flexibility index (Phi) is 3.10. The molecular weight excluding hydrogens is 271 g/mol. The van der Waals surface area contributed by atoms with Crippen molar-refractivity contribution < 1.29 is 14.3 Å². The molecule has 1 aromatic carbocycles. The topological polar surface area (TPSA) is 67.7 Å². The van der Waals surface area contributed by atoms with Gasteiger partial charge in [0.05, 0.1) is 22.5 Å². The molecule has 0 aliphatic carbocycles. The smallest absolute Gasteiger partial charge is 0.335 e. The van der Waals surface area contributed by atoms with Crippen molar-refractivity contribution in [3.8, 4) is 11.3 Å². The molecule has 0 fully saturated rings. The fraction of sp³-hybridized carbons (Fsp3) is 0.0625. The van der Waals surface area contributed by atoms with Crippen LogP contribution in [0.2, 0.25) is 0 Å². The van der Waals surface area contributed by atoms with Gasteiger partial charge in [0, 0.05) is 6.20 Å². The maximum atomic E-state index is 12.7. The summed E-state index contributed by atoms with van der Waals surface area (Å²) in [6.45, 7) is -0.538. The van der Waals surface area contributed by atoms with E-state index in [1.54, 1.807) is 48.7 Å². The third kappa shape index (κ3) is 2.23. The summed E-state index contributed by atoms with van der Waals surface area (Å²) in [4.78, 5) is 10.9. The molecule has 0 saturated heterocycles. The number of carbonyl (C=O) groups is 1. The second kappa shape index (κ2) is 4.94. The highest BCUT2D eigenvalue weighted by Gasteiger charge is 2.10. The van der Waals surface area contributed by atoms with Crippen LogP contribution in [-0.2, 0) is 6.67 Å². The van der Waals surface area contributed by atoms with Gasteiger partial charge in [-0.05, 0) is 41.5 Å². The normalized spacial score (nSPS) is 10.9. The second-order valence-corrected chi connectivity index (χ2v) is 4.79. The van der Waals surface area contributed by atoms with Crippen molar-refractivity contribution in [1.82, 2.24) is 4.40 Å². The van der Waals surface area contributed by atoms with E-state index in [1.807, 2.05) is 4.40 Å². The molecule has 0 bridgehead atoms. The Morgan fingerprint density at radius 1 is 1.19 bits per heavy atom. The minimum atomic E-state index is -0.964. The van der Waals surface area contributed by atoms with Gasteiger partial charge < -0.3 is 15.2 Å². The first kappa shape index (κ1) is 13.2. The van der Waals surface area contributed by atoms with Gasteiger partial charge in [-0.15, -0.1) is 0 Å². The van der Waals surface area contributed by atoms with Gasteiger partial charge in [0.15, 0.2) is 0 Å². The molecule has 0 aliphatic rings. The molecule has 0 amide bonds. The number of rotatable bonds is 3. The molecule has 0 spiro atoms. The molecule has 3 aromatic rings. The number of nitrogens with zero attached hydrogens (tertiary/aromatic N) is 1. The van der Waals surface area contributed by atoms with Crippen molar-refractivity contribution in [2.24, 2.45) is 0 Å². The number of alkyl halides is 1. The number of nitrogens with two attached hydrogens (primary N) is 1. The molecule has 21 heavy (non-hydrogen) atoms. The zero-order chi connectivity index (χ0) is 15.0. The standard InChI is InChI=1S/C16H13FN2O2/c17-9-10-5-6-19-14(8-13(18)15(19)7-10)11-1-3-12(4-2-11)16(20)21/h1-8H,9,18H2,(H,20,21). The predicted octanol–water partition coefficient (Wildman–Crippen LogP) is 3.36. The van der Waals surface area contributed by atoms with Gasteiger partial charge in [0.1, 0.15) is 6.67 Å². The summed E-state index contributed by atoms with van der Waals surface area (Å²) in [5, 5.41) is 8.92. The molecule has 0 atom stereocenters. The second-order valence-electron chi connectivity index (χ2n) is 4.79. The van der Waals surface area contributed by atoms with Crippen molar-refractivity contribution in [2.75, 3.05) is 5.73 Å². The molecule has 3 N–H and O–H groups in total. The van der Waals surface area contributed by atoms with E-state index < -0.39 is 12.6 Å². The van der Waals surface area contributed by atoms with E-state index in [4.69, 9.17) is 10.8 Å². The Balaban J connectivity index is 2.14. The number of halogens is 1. The number of hydrogen-bond acceptors (Lipinski definition) is 2. The Morgan fingerprint density at radius 2 is 1.90 bits per heavy atom. The summed E-state index contributed by atoms with van der Waals surface area (Å²) >= 11 is 0. The quantitative estimate of drug-likeness (QED) is 0.775. The SMILES string of the molecule is Nc1cc(-c2ccc(C(=O)O)cc2)n2ccc(CF)cc12. The average molecular weight is 284 g/mol. The molecule has 5 heteroatoms. The first-order valence-electron chi connectivity index (χ1n) is 6.39. The Bertz CT molecular complexity index is 822. The average Bonchev–Trinajstić information content (AvgIpc) is 2.84. The van der Waals surface area contributed by atoms with Gasteiger partial charge >= 0.3 is 5.97 Å². The van der Waals surface area contributed by atoms with Crippen LogP contribution in [0.5, 0.6) is 0 Å². The van der Waals surface area contributed by atoms with E-state index >= 15 is 0 Å². The summed E-state index contributed by atoms with van der Waals surface area (Å²) in [6.07, 6.45) is 1.76. The summed E-state index contributed by atoms with van der Waals surface area (Å²) in [5.41, 5.74) is 9.76. The summed E-state index contributed by atoms with van der Waals surface area (Å²) in [7, 11) is 0. The van der Waals surface area contributed by atoms with E-state index in [0.717, 1.165) is 16.8 Å². The van der Waals surface area contributed by atoms with Crippen LogP contribution in [-0.4, -0.2) is 15.5 Å². The number of pyridine rings is 1. The zero-order valence-corrected chi connectivity index (χ0v) is 11.1. The maximum Gasteiger partial charge on any atom is 0.335 e. The number of carboxylic acid groups (broad SMARTS) is 1. The van der Waals surface area contributed by atoms with Crippen LogP contribution in [0.1, 0.15) is 15.9 Å². The largest absolute Gasteiger partial charge is 0.478 e. The Labute approximate surface area is 120 Å². The lowest BCUT2D eigenvalue weighted by Crippen LogP contribution is -1.95.